The zero-order valence-electron chi connectivity index (χ0n) is 18.7. The van der Waals surface area contributed by atoms with E-state index >= 15 is 0 Å². The molecule has 1 aromatic carbocycles. The molecule has 0 fully saturated rings. The molecule has 5 aromatic rings. The summed E-state index contributed by atoms with van der Waals surface area (Å²) < 4.78 is 12.8. The molecule has 8 nitrogen and oxygen atoms in total. The van der Waals surface area contributed by atoms with Gasteiger partial charge in [-0.05, 0) is 38.5 Å². The van der Waals surface area contributed by atoms with Gasteiger partial charge in [0.25, 0.3) is 0 Å². The molecule has 0 bridgehead atoms. The number of hydrogen-bond donors (Lipinski definition) is 1. The van der Waals surface area contributed by atoms with Gasteiger partial charge in [-0.1, -0.05) is 6.07 Å². The van der Waals surface area contributed by atoms with E-state index in [9.17, 15) is 0 Å². The summed E-state index contributed by atoms with van der Waals surface area (Å²) in [7, 11) is 3.15. The Balaban J connectivity index is 1.65. The molecule has 0 atom stereocenters. The van der Waals surface area contributed by atoms with Crippen LogP contribution in [0.15, 0.2) is 49.1 Å². The Kier molecular flexibility index (Phi) is 4.58. The summed E-state index contributed by atoms with van der Waals surface area (Å²) in [5, 5.41) is 0. The van der Waals surface area contributed by atoms with Gasteiger partial charge in [0.05, 0.1) is 43.5 Å². The summed E-state index contributed by atoms with van der Waals surface area (Å²) >= 11 is 0. The number of pyridine rings is 1. The second-order valence-electron chi connectivity index (χ2n) is 8.58. The van der Waals surface area contributed by atoms with Gasteiger partial charge < -0.3 is 19.0 Å². The minimum atomic E-state index is -0.0694. The Morgan fingerprint density at radius 2 is 1.66 bits per heavy atom. The maximum atomic E-state index is 5.30. The number of methoxy groups -OCH3 is 2. The van der Waals surface area contributed by atoms with E-state index in [1.54, 1.807) is 20.4 Å². The number of ether oxygens (including phenoxy) is 2. The normalized spacial score (nSPS) is 11.9. The van der Waals surface area contributed by atoms with E-state index in [-0.39, 0.29) is 5.54 Å². The summed E-state index contributed by atoms with van der Waals surface area (Å²) in [5.74, 6) is 0.910. The SMILES string of the molecule is COc1cc(-c2cnc3[nH]cc(-c4ccc5ncn(C(C)(C)C)c5c4)c3n2)cc(OC)n1. The van der Waals surface area contributed by atoms with Gasteiger partial charge in [0.1, 0.15) is 5.52 Å². The number of nitrogens with zero attached hydrogens (tertiary/aromatic N) is 5. The molecule has 8 heteroatoms. The molecule has 32 heavy (non-hydrogen) atoms. The predicted molar refractivity (Wildman–Crippen MR) is 124 cm³/mol. The molecule has 0 spiro atoms. The monoisotopic (exact) mass is 428 g/mol. The van der Waals surface area contributed by atoms with Crippen molar-refractivity contribution >= 4 is 22.2 Å². The third kappa shape index (κ3) is 3.33. The number of aromatic amines is 1. The van der Waals surface area contributed by atoms with Gasteiger partial charge in [-0.2, -0.15) is 4.98 Å². The highest BCUT2D eigenvalue weighted by atomic mass is 16.5. The minimum Gasteiger partial charge on any atom is -0.481 e. The quantitative estimate of drug-likeness (QED) is 0.442. The van der Waals surface area contributed by atoms with Crippen molar-refractivity contribution in [2.24, 2.45) is 0 Å². The van der Waals surface area contributed by atoms with Crippen molar-refractivity contribution < 1.29 is 9.47 Å². The lowest BCUT2D eigenvalue weighted by Gasteiger charge is -2.21. The summed E-state index contributed by atoms with van der Waals surface area (Å²) in [6.45, 7) is 6.50. The van der Waals surface area contributed by atoms with Crippen LogP contribution >= 0.6 is 0 Å². The van der Waals surface area contributed by atoms with Crippen LogP contribution in [0.3, 0.4) is 0 Å². The minimum absolute atomic E-state index is 0.0694. The number of aromatic nitrogens is 6. The van der Waals surface area contributed by atoms with Gasteiger partial charge >= 0.3 is 0 Å². The van der Waals surface area contributed by atoms with Gasteiger partial charge in [-0.15, -0.1) is 0 Å². The van der Waals surface area contributed by atoms with Crippen molar-refractivity contribution in [3.8, 4) is 34.1 Å². The number of H-pyrrole nitrogens is 1. The lowest BCUT2D eigenvalue weighted by Crippen LogP contribution is -2.20. The molecule has 0 aliphatic heterocycles. The van der Waals surface area contributed by atoms with Crippen LogP contribution in [0.25, 0.3) is 44.6 Å². The van der Waals surface area contributed by atoms with Crippen LogP contribution in [0.4, 0.5) is 0 Å². The van der Waals surface area contributed by atoms with Crippen molar-refractivity contribution in [3.05, 3.63) is 49.1 Å². The Morgan fingerprint density at radius 1 is 0.906 bits per heavy atom. The summed E-state index contributed by atoms with van der Waals surface area (Å²) in [5.41, 5.74) is 7.04. The Labute approximate surface area is 185 Å². The Hall–Kier alpha value is -3.94. The van der Waals surface area contributed by atoms with Crippen molar-refractivity contribution in [1.82, 2.24) is 29.5 Å². The van der Waals surface area contributed by atoms with Crippen LogP contribution in [-0.2, 0) is 5.54 Å². The molecule has 0 saturated heterocycles. The van der Waals surface area contributed by atoms with E-state index in [2.05, 4.69) is 57.4 Å². The predicted octanol–water partition coefficient (Wildman–Crippen LogP) is 4.81. The smallest absolute Gasteiger partial charge is 0.216 e. The second-order valence-corrected chi connectivity index (χ2v) is 8.58. The number of rotatable bonds is 4. The number of benzene rings is 1. The van der Waals surface area contributed by atoms with E-state index in [0.29, 0.717) is 17.5 Å². The molecular weight excluding hydrogens is 404 g/mol. The molecule has 1 N–H and O–H groups in total. The summed E-state index contributed by atoms with van der Waals surface area (Å²) in [6, 6.07) is 9.90. The fourth-order valence-corrected chi connectivity index (χ4v) is 3.80. The molecule has 162 valence electrons. The van der Waals surface area contributed by atoms with E-state index in [1.807, 2.05) is 30.7 Å². The fraction of sp³-hybridized carbons (Fsp3) is 0.250. The Morgan fingerprint density at radius 3 is 2.34 bits per heavy atom. The van der Waals surface area contributed by atoms with E-state index in [0.717, 1.165) is 38.9 Å². The molecule has 0 unspecified atom stereocenters. The average molecular weight is 428 g/mol. The van der Waals surface area contributed by atoms with Crippen molar-refractivity contribution in [2.75, 3.05) is 14.2 Å². The number of fused-ring (bicyclic) bond motifs is 2. The molecule has 5 rings (SSSR count). The zero-order chi connectivity index (χ0) is 22.5. The first-order valence-electron chi connectivity index (χ1n) is 10.3. The molecule has 0 amide bonds. The molecule has 0 radical (unpaired) electrons. The molecule has 0 saturated carbocycles. The first-order chi connectivity index (χ1) is 15.4. The van der Waals surface area contributed by atoms with Crippen LogP contribution in [0.1, 0.15) is 20.8 Å². The van der Waals surface area contributed by atoms with Gasteiger partial charge in [0, 0.05) is 35.0 Å². The van der Waals surface area contributed by atoms with Crippen molar-refractivity contribution in [3.63, 3.8) is 0 Å². The highest BCUT2D eigenvalue weighted by Crippen LogP contribution is 2.32. The standard InChI is InChI=1S/C24H24N6O2/c1-24(2,3)30-13-27-17-7-6-14(8-19(17)30)16-11-25-23-22(16)28-18(12-26-23)15-9-20(31-4)29-21(10-15)32-5/h6-13H,1-5H3,(H,25,26). The zero-order valence-corrected chi connectivity index (χ0v) is 18.7. The van der Waals surface area contributed by atoms with Crippen LogP contribution in [-0.4, -0.2) is 43.7 Å². The van der Waals surface area contributed by atoms with Gasteiger partial charge in [0.15, 0.2) is 5.65 Å². The Bertz CT molecular complexity index is 1420. The molecule has 4 heterocycles. The van der Waals surface area contributed by atoms with Crippen LogP contribution in [0.2, 0.25) is 0 Å². The highest BCUT2D eigenvalue weighted by Gasteiger charge is 2.18. The van der Waals surface area contributed by atoms with Gasteiger partial charge in [0.2, 0.25) is 11.8 Å². The molecule has 0 aliphatic carbocycles. The summed E-state index contributed by atoms with van der Waals surface area (Å²) in [6.07, 6.45) is 5.57. The summed E-state index contributed by atoms with van der Waals surface area (Å²) in [4.78, 5) is 21.6. The van der Waals surface area contributed by atoms with Crippen molar-refractivity contribution in [2.45, 2.75) is 26.3 Å². The second kappa shape index (κ2) is 7.33. The maximum Gasteiger partial charge on any atom is 0.216 e. The lowest BCUT2D eigenvalue weighted by atomic mass is 10.1. The van der Waals surface area contributed by atoms with E-state index in [4.69, 9.17) is 14.5 Å². The van der Waals surface area contributed by atoms with Gasteiger partial charge in [-0.25, -0.2) is 15.0 Å². The highest BCUT2D eigenvalue weighted by molar-refractivity contribution is 5.94. The third-order valence-electron chi connectivity index (χ3n) is 5.45. The lowest BCUT2D eigenvalue weighted by molar-refractivity contribution is 0.365. The first-order valence-corrected chi connectivity index (χ1v) is 10.3. The topological polar surface area (TPSA) is 90.7 Å². The third-order valence-corrected chi connectivity index (χ3v) is 5.45. The fourth-order valence-electron chi connectivity index (χ4n) is 3.80. The van der Waals surface area contributed by atoms with Crippen LogP contribution in [0, 0.1) is 0 Å². The first kappa shape index (κ1) is 20.0. The largest absolute Gasteiger partial charge is 0.481 e. The maximum absolute atomic E-state index is 5.30. The average Bonchev–Trinajstić information content (AvgIpc) is 3.41. The van der Waals surface area contributed by atoms with Crippen LogP contribution < -0.4 is 9.47 Å². The van der Waals surface area contributed by atoms with Gasteiger partial charge in [-0.3, -0.25) is 0 Å². The number of hydrogen-bond acceptors (Lipinski definition) is 6. The van der Waals surface area contributed by atoms with Crippen molar-refractivity contribution in [1.29, 1.82) is 0 Å². The van der Waals surface area contributed by atoms with E-state index in [1.165, 1.54) is 0 Å². The molecule has 4 aromatic heterocycles. The molecular formula is C24H24N6O2. The molecule has 0 aliphatic rings. The number of imidazole rings is 1. The van der Waals surface area contributed by atoms with E-state index < -0.39 is 0 Å². The number of nitrogens with one attached hydrogen (secondary N) is 1. The van der Waals surface area contributed by atoms with Crippen LogP contribution in [0.5, 0.6) is 11.8 Å².